The number of aliphatic hydroxyl groups excluding tert-OH is 1. The van der Waals surface area contributed by atoms with Crippen LogP contribution in [-0.4, -0.2) is 14.9 Å². The second-order valence-corrected chi connectivity index (χ2v) is 5.43. The van der Waals surface area contributed by atoms with Crippen LogP contribution in [0, 0.1) is 0 Å². The van der Waals surface area contributed by atoms with Crippen LogP contribution in [-0.2, 0) is 19.9 Å². The lowest BCUT2D eigenvalue weighted by Gasteiger charge is -2.06. The molecule has 3 nitrogen and oxygen atoms in total. The Balaban J connectivity index is 1.90. The van der Waals surface area contributed by atoms with Crippen molar-refractivity contribution in [2.75, 3.05) is 0 Å². The van der Waals surface area contributed by atoms with E-state index < -0.39 is 0 Å². The summed E-state index contributed by atoms with van der Waals surface area (Å²) in [5.41, 5.74) is 1.18. The first-order valence-corrected chi connectivity index (χ1v) is 6.75. The Hall–Kier alpha value is -1.13. The number of aryl methyl sites for hydroxylation is 3. The van der Waals surface area contributed by atoms with Crippen molar-refractivity contribution in [3.8, 4) is 0 Å². The average Bonchev–Trinajstić information content (AvgIpc) is 2.94. The van der Waals surface area contributed by atoms with Crippen LogP contribution in [0.25, 0.3) is 0 Å². The van der Waals surface area contributed by atoms with E-state index in [0.717, 1.165) is 24.1 Å². The molecule has 0 saturated carbocycles. The van der Waals surface area contributed by atoms with E-state index in [4.69, 9.17) is 0 Å². The summed E-state index contributed by atoms with van der Waals surface area (Å²) in [6.45, 7) is 2.14. The van der Waals surface area contributed by atoms with Crippen LogP contribution in [0.3, 0.4) is 0 Å². The van der Waals surface area contributed by atoms with Gasteiger partial charge in [0.15, 0.2) is 0 Å². The summed E-state index contributed by atoms with van der Waals surface area (Å²) in [6.07, 6.45) is 6.18. The monoisotopic (exact) mass is 250 g/mol. The van der Waals surface area contributed by atoms with Crippen LogP contribution in [0.4, 0.5) is 0 Å². The molecule has 92 valence electrons. The van der Waals surface area contributed by atoms with Gasteiger partial charge in [0.05, 0.1) is 12.3 Å². The summed E-state index contributed by atoms with van der Waals surface area (Å²) in [4.78, 5) is 2.41. The quantitative estimate of drug-likeness (QED) is 0.886. The largest absolute Gasteiger partial charge is 0.388 e. The SMILES string of the molecule is CCc1ccc(C(O)CCc2cnn(C)c2)s1. The Morgan fingerprint density at radius 3 is 2.88 bits per heavy atom. The van der Waals surface area contributed by atoms with E-state index in [2.05, 4.69) is 18.1 Å². The number of aromatic nitrogens is 2. The minimum absolute atomic E-state index is 0.347. The zero-order chi connectivity index (χ0) is 12.3. The molecule has 0 aromatic carbocycles. The van der Waals surface area contributed by atoms with E-state index in [0.29, 0.717) is 0 Å². The van der Waals surface area contributed by atoms with Crippen LogP contribution >= 0.6 is 11.3 Å². The molecule has 0 spiro atoms. The normalized spacial score (nSPS) is 12.9. The number of thiophene rings is 1. The number of hydrogen-bond donors (Lipinski definition) is 1. The number of nitrogens with zero attached hydrogens (tertiary/aromatic N) is 2. The first kappa shape index (κ1) is 12.3. The molecule has 0 aliphatic rings. The Kier molecular flexibility index (Phi) is 3.97. The zero-order valence-electron chi connectivity index (χ0n) is 10.3. The average molecular weight is 250 g/mol. The van der Waals surface area contributed by atoms with Gasteiger partial charge in [-0.15, -0.1) is 11.3 Å². The lowest BCUT2D eigenvalue weighted by molar-refractivity contribution is 0.171. The van der Waals surface area contributed by atoms with Crippen molar-refractivity contribution >= 4 is 11.3 Å². The van der Waals surface area contributed by atoms with E-state index in [1.807, 2.05) is 25.5 Å². The van der Waals surface area contributed by atoms with Gasteiger partial charge in [-0.05, 0) is 37.0 Å². The van der Waals surface area contributed by atoms with Gasteiger partial charge in [-0.1, -0.05) is 6.92 Å². The lowest BCUT2D eigenvalue weighted by Crippen LogP contribution is -1.96. The van der Waals surface area contributed by atoms with Crippen molar-refractivity contribution < 1.29 is 5.11 Å². The third kappa shape index (κ3) is 3.17. The number of rotatable bonds is 5. The Labute approximate surface area is 106 Å². The molecule has 2 aromatic heterocycles. The molecule has 0 bridgehead atoms. The Bertz CT molecular complexity index is 475. The molecule has 0 aliphatic carbocycles. The molecule has 2 heterocycles. The van der Waals surface area contributed by atoms with Gasteiger partial charge in [0, 0.05) is 23.0 Å². The third-order valence-electron chi connectivity index (χ3n) is 2.82. The fourth-order valence-electron chi connectivity index (χ4n) is 1.81. The second-order valence-electron chi connectivity index (χ2n) is 4.23. The molecular weight excluding hydrogens is 232 g/mol. The summed E-state index contributed by atoms with van der Waals surface area (Å²) < 4.78 is 1.79. The minimum Gasteiger partial charge on any atom is -0.388 e. The zero-order valence-corrected chi connectivity index (χ0v) is 11.1. The summed E-state index contributed by atoms with van der Waals surface area (Å²) >= 11 is 1.71. The summed E-state index contributed by atoms with van der Waals surface area (Å²) in [5.74, 6) is 0. The predicted molar refractivity (Wildman–Crippen MR) is 70.2 cm³/mol. The van der Waals surface area contributed by atoms with Gasteiger partial charge in [0.2, 0.25) is 0 Å². The molecule has 4 heteroatoms. The highest BCUT2D eigenvalue weighted by Gasteiger charge is 2.10. The van der Waals surface area contributed by atoms with E-state index in [1.54, 1.807) is 16.0 Å². The van der Waals surface area contributed by atoms with Crippen molar-refractivity contribution in [2.45, 2.75) is 32.3 Å². The molecule has 1 atom stereocenters. The summed E-state index contributed by atoms with van der Waals surface area (Å²) in [5, 5.41) is 14.2. The topological polar surface area (TPSA) is 38.1 Å². The standard InChI is InChI=1S/C13H18N2OS/c1-3-11-5-7-13(17-11)12(16)6-4-10-8-14-15(2)9-10/h5,7-9,12,16H,3-4,6H2,1-2H3. The van der Waals surface area contributed by atoms with Crippen molar-refractivity contribution in [2.24, 2.45) is 7.05 Å². The maximum absolute atomic E-state index is 10.1. The molecule has 2 aromatic rings. The fraction of sp³-hybridized carbons (Fsp3) is 0.462. The van der Waals surface area contributed by atoms with Gasteiger partial charge in [-0.25, -0.2) is 0 Å². The van der Waals surface area contributed by atoms with Crippen LogP contribution in [0.1, 0.15) is 34.8 Å². The molecule has 2 rings (SSSR count). The highest BCUT2D eigenvalue weighted by Crippen LogP contribution is 2.26. The third-order valence-corrected chi connectivity index (χ3v) is 4.15. The minimum atomic E-state index is -0.347. The molecule has 17 heavy (non-hydrogen) atoms. The molecule has 1 unspecified atom stereocenters. The maximum atomic E-state index is 10.1. The molecule has 0 radical (unpaired) electrons. The van der Waals surface area contributed by atoms with Crippen molar-refractivity contribution in [1.29, 1.82) is 0 Å². The highest BCUT2D eigenvalue weighted by atomic mass is 32.1. The van der Waals surface area contributed by atoms with E-state index in [1.165, 1.54) is 10.4 Å². The van der Waals surface area contributed by atoms with Gasteiger partial charge in [-0.3, -0.25) is 4.68 Å². The van der Waals surface area contributed by atoms with E-state index >= 15 is 0 Å². The first-order valence-electron chi connectivity index (χ1n) is 5.93. The van der Waals surface area contributed by atoms with E-state index in [-0.39, 0.29) is 6.10 Å². The lowest BCUT2D eigenvalue weighted by atomic mass is 10.1. The molecule has 0 amide bonds. The summed E-state index contributed by atoms with van der Waals surface area (Å²) in [6, 6.07) is 4.14. The maximum Gasteiger partial charge on any atom is 0.0885 e. The molecule has 0 aliphatic heterocycles. The van der Waals surface area contributed by atoms with Crippen LogP contribution in [0.5, 0.6) is 0 Å². The smallest absolute Gasteiger partial charge is 0.0885 e. The molecule has 1 N–H and O–H groups in total. The van der Waals surface area contributed by atoms with Crippen LogP contribution < -0.4 is 0 Å². The van der Waals surface area contributed by atoms with Gasteiger partial charge in [-0.2, -0.15) is 5.10 Å². The van der Waals surface area contributed by atoms with Crippen LogP contribution in [0.2, 0.25) is 0 Å². The Morgan fingerprint density at radius 1 is 1.47 bits per heavy atom. The first-order chi connectivity index (χ1) is 8.19. The van der Waals surface area contributed by atoms with Gasteiger partial charge >= 0.3 is 0 Å². The number of hydrogen-bond acceptors (Lipinski definition) is 3. The molecule has 0 fully saturated rings. The van der Waals surface area contributed by atoms with Crippen molar-refractivity contribution in [3.63, 3.8) is 0 Å². The van der Waals surface area contributed by atoms with Crippen LogP contribution in [0.15, 0.2) is 24.5 Å². The number of aliphatic hydroxyl groups is 1. The second kappa shape index (κ2) is 5.47. The molecule has 0 saturated heterocycles. The fourth-order valence-corrected chi connectivity index (χ4v) is 2.78. The van der Waals surface area contributed by atoms with Gasteiger partial charge in [0.25, 0.3) is 0 Å². The van der Waals surface area contributed by atoms with Crippen molar-refractivity contribution in [3.05, 3.63) is 39.8 Å². The predicted octanol–water partition coefficient (Wildman–Crippen LogP) is 2.71. The molecular formula is C13H18N2OS. The summed E-state index contributed by atoms with van der Waals surface area (Å²) in [7, 11) is 1.91. The van der Waals surface area contributed by atoms with Gasteiger partial charge < -0.3 is 5.11 Å². The Morgan fingerprint density at radius 2 is 2.29 bits per heavy atom. The van der Waals surface area contributed by atoms with Gasteiger partial charge in [0.1, 0.15) is 0 Å². The van der Waals surface area contributed by atoms with E-state index in [9.17, 15) is 5.11 Å². The van der Waals surface area contributed by atoms with Crippen molar-refractivity contribution in [1.82, 2.24) is 9.78 Å². The highest BCUT2D eigenvalue weighted by molar-refractivity contribution is 7.12.